The Morgan fingerprint density at radius 3 is 2.76 bits per heavy atom. The molecule has 7 heteroatoms. The van der Waals surface area contributed by atoms with Crippen LogP contribution in [0, 0.1) is 21.4 Å². The maximum Gasteiger partial charge on any atom is 0.323 e. The van der Waals surface area contributed by atoms with Crippen LogP contribution in [0.2, 0.25) is 0 Å². The van der Waals surface area contributed by atoms with E-state index in [0.717, 1.165) is 0 Å². The van der Waals surface area contributed by atoms with Crippen LogP contribution in [0.3, 0.4) is 0 Å². The molecule has 1 aromatic carbocycles. The van der Waals surface area contributed by atoms with Crippen LogP contribution in [0.15, 0.2) is 18.2 Å². The summed E-state index contributed by atoms with van der Waals surface area (Å²) >= 11 is 0. The number of anilines is 1. The lowest BCUT2D eigenvalue weighted by Gasteiger charge is -2.16. The summed E-state index contributed by atoms with van der Waals surface area (Å²) in [7, 11) is 1.52. The summed E-state index contributed by atoms with van der Waals surface area (Å²) in [5.41, 5.74) is 0.0549. The Kier molecular flexibility index (Phi) is 3.62. The molecule has 1 rings (SSSR count). The maximum atomic E-state index is 10.6. The van der Waals surface area contributed by atoms with Gasteiger partial charge in [0, 0.05) is 18.8 Å². The van der Waals surface area contributed by atoms with Crippen molar-refractivity contribution >= 4 is 17.3 Å². The highest BCUT2D eigenvalue weighted by molar-refractivity contribution is 5.74. The lowest BCUT2D eigenvalue weighted by Crippen LogP contribution is -2.25. The number of carbonyl (C=O) groups is 1. The normalized spacial score (nSPS) is 9.41. The fraction of sp³-hybridized carbons (Fsp3) is 0.200. The van der Waals surface area contributed by atoms with Gasteiger partial charge in [0.25, 0.3) is 5.69 Å². The Labute approximate surface area is 96.7 Å². The molecule has 0 fully saturated rings. The van der Waals surface area contributed by atoms with Crippen molar-refractivity contribution in [3.8, 4) is 6.07 Å². The summed E-state index contributed by atoms with van der Waals surface area (Å²) in [6, 6.07) is 5.59. The van der Waals surface area contributed by atoms with Crippen LogP contribution in [-0.4, -0.2) is 29.6 Å². The number of nitro groups is 1. The molecule has 0 saturated carbocycles. The van der Waals surface area contributed by atoms with E-state index >= 15 is 0 Å². The van der Waals surface area contributed by atoms with Crippen LogP contribution in [0.25, 0.3) is 0 Å². The lowest BCUT2D eigenvalue weighted by molar-refractivity contribution is -0.385. The minimum Gasteiger partial charge on any atom is -0.480 e. The second-order valence-electron chi connectivity index (χ2n) is 3.32. The number of likely N-dealkylation sites (N-methyl/N-ethyl adjacent to an activating group) is 1. The molecule has 0 spiro atoms. The maximum absolute atomic E-state index is 10.6. The van der Waals surface area contributed by atoms with E-state index in [-0.39, 0.29) is 17.8 Å². The van der Waals surface area contributed by atoms with Gasteiger partial charge in [-0.15, -0.1) is 0 Å². The molecule has 0 radical (unpaired) electrons. The van der Waals surface area contributed by atoms with Gasteiger partial charge in [-0.2, -0.15) is 5.26 Å². The molecule has 0 unspecified atom stereocenters. The summed E-state index contributed by atoms with van der Waals surface area (Å²) in [5, 5.41) is 28.0. The van der Waals surface area contributed by atoms with Gasteiger partial charge in [0.1, 0.15) is 18.2 Å². The highest BCUT2D eigenvalue weighted by atomic mass is 16.6. The van der Waals surface area contributed by atoms with Crippen molar-refractivity contribution in [3.05, 3.63) is 33.9 Å². The Balaban J connectivity index is 3.10. The molecule has 0 aromatic heterocycles. The molecule has 0 bridgehead atoms. The molecule has 0 saturated heterocycles. The molecule has 0 atom stereocenters. The zero-order valence-corrected chi connectivity index (χ0v) is 8.95. The van der Waals surface area contributed by atoms with Gasteiger partial charge in [-0.25, -0.2) is 0 Å². The number of nitro benzene ring substituents is 1. The largest absolute Gasteiger partial charge is 0.480 e. The zero-order chi connectivity index (χ0) is 13.0. The Hall–Kier alpha value is -2.62. The van der Waals surface area contributed by atoms with Crippen molar-refractivity contribution < 1.29 is 14.8 Å². The number of carboxylic acid groups (broad SMARTS) is 1. The van der Waals surface area contributed by atoms with Crippen molar-refractivity contribution in [2.24, 2.45) is 0 Å². The third-order valence-electron chi connectivity index (χ3n) is 2.11. The van der Waals surface area contributed by atoms with Gasteiger partial charge in [0.05, 0.1) is 4.92 Å². The molecule has 1 N–H and O–H groups in total. The highest BCUT2D eigenvalue weighted by Gasteiger charge is 2.15. The van der Waals surface area contributed by atoms with Gasteiger partial charge in [-0.3, -0.25) is 14.9 Å². The first-order valence-corrected chi connectivity index (χ1v) is 4.57. The first-order valence-electron chi connectivity index (χ1n) is 4.57. The number of aliphatic carboxylic acids is 1. The second-order valence-corrected chi connectivity index (χ2v) is 3.32. The summed E-state index contributed by atoms with van der Waals surface area (Å²) in [5.74, 6) is -1.02. The molecule has 88 valence electrons. The smallest absolute Gasteiger partial charge is 0.323 e. The van der Waals surface area contributed by atoms with Crippen molar-refractivity contribution in [1.29, 1.82) is 5.26 Å². The number of nitrogens with zero attached hydrogens (tertiary/aromatic N) is 3. The van der Waals surface area contributed by atoms with Crippen LogP contribution in [-0.2, 0) is 4.79 Å². The molecule has 17 heavy (non-hydrogen) atoms. The van der Waals surface area contributed by atoms with Crippen molar-refractivity contribution in [2.45, 2.75) is 0 Å². The quantitative estimate of drug-likeness (QED) is 0.615. The third kappa shape index (κ3) is 2.92. The van der Waals surface area contributed by atoms with Crippen LogP contribution < -0.4 is 4.90 Å². The van der Waals surface area contributed by atoms with E-state index in [9.17, 15) is 14.9 Å². The minimum absolute atomic E-state index is 0.0928. The molecule has 0 aliphatic heterocycles. The lowest BCUT2D eigenvalue weighted by atomic mass is 10.1. The van der Waals surface area contributed by atoms with Crippen molar-refractivity contribution in [1.82, 2.24) is 0 Å². The average Bonchev–Trinajstić information content (AvgIpc) is 2.27. The number of hydrogen-bond acceptors (Lipinski definition) is 5. The standard InChI is InChI=1S/C10H9N3O4/c1-12(6-10(14)15)8-2-3-9(13(16)17)7(4-8)5-11/h2-4H,6H2,1H3,(H,14,15). The van der Waals surface area contributed by atoms with Gasteiger partial charge in [0.15, 0.2) is 0 Å². The highest BCUT2D eigenvalue weighted by Crippen LogP contribution is 2.23. The Morgan fingerprint density at radius 1 is 1.65 bits per heavy atom. The molecule has 0 aliphatic rings. The molecule has 1 aromatic rings. The monoisotopic (exact) mass is 235 g/mol. The number of rotatable bonds is 4. The minimum atomic E-state index is -1.02. The number of benzene rings is 1. The van der Waals surface area contributed by atoms with Gasteiger partial charge in [-0.1, -0.05) is 0 Å². The van der Waals surface area contributed by atoms with Crippen LogP contribution in [0.5, 0.6) is 0 Å². The van der Waals surface area contributed by atoms with E-state index < -0.39 is 10.9 Å². The van der Waals surface area contributed by atoms with Gasteiger partial charge < -0.3 is 10.0 Å². The van der Waals surface area contributed by atoms with Crippen LogP contribution in [0.4, 0.5) is 11.4 Å². The number of carboxylic acids is 1. The molecule has 0 heterocycles. The van der Waals surface area contributed by atoms with E-state index in [0.29, 0.717) is 5.69 Å². The fourth-order valence-electron chi connectivity index (χ4n) is 1.30. The predicted molar refractivity (Wildman–Crippen MR) is 58.7 cm³/mol. The molecule has 0 aliphatic carbocycles. The summed E-state index contributed by atoms with van der Waals surface area (Å²) in [6.45, 7) is -0.247. The van der Waals surface area contributed by atoms with E-state index in [2.05, 4.69) is 0 Å². The van der Waals surface area contributed by atoms with Gasteiger partial charge in [-0.05, 0) is 12.1 Å². The molecular formula is C10H9N3O4. The van der Waals surface area contributed by atoms with Crippen molar-refractivity contribution in [3.63, 3.8) is 0 Å². The third-order valence-corrected chi connectivity index (χ3v) is 2.11. The van der Waals surface area contributed by atoms with Crippen molar-refractivity contribution in [2.75, 3.05) is 18.5 Å². The first kappa shape index (κ1) is 12.4. The first-order chi connectivity index (χ1) is 7.95. The zero-order valence-electron chi connectivity index (χ0n) is 8.95. The fourth-order valence-corrected chi connectivity index (χ4v) is 1.30. The van der Waals surface area contributed by atoms with Gasteiger partial charge in [0.2, 0.25) is 0 Å². The van der Waals surface area contributed by atoms with Crippen LogP contribution in [0.1, 0.15) is 5.56 Å². The van der Waals surface area contributed by atoms with Crippen LogP contribution >= 0.6 is 0 Å². The van der Waals surface area contributed by atoms with E-state index in [4.69, 9.17) is 10.4 Å². The van der Waals surface area contributed by atoms with Gasteiger partial charge >= 0.3 is 5.97 Å². The summed E-state index contributed by atoms with van der Waals surface area (Å²) < 4.78 is 0. The molecule has 0 amide bonds. The predicted octanol–water partition coefficient (Wildman–Crippen LogP) is 0.987. The average molecular weight is 235 g/mol. The number of hydrogen-bond donors (Lipinski definition) is 1. The van der Waals surface area contributed by atoms with E-state index in [1.807, 2.05) is 0 Å². The van der Waals surface area contributed by atoms with E-state index in [1.165, 1.54) is 30.1 Å². The number of nitriles is 1. The topological polar surface area (TPSA) is 107 Å². The molecular weight excluding hydrogens is 226 g/mol. The Morgan fingerprint density at radius 2 is 2.29 bits per heavy atom. The Bertz CT molecular complexity index is 507. The second kappa shape index (κ2) is 4.94. The van der Waals surface area contributed by atoms with E-state index in [1.54, 1.807) is 6.07 Å². The SMILES string of the molecule is CN(CC(=O)O)c1ccc([N+](=O)[O-])c(C#N)c1. The summed E-state index contributed by atoms with van der Waals surface area (Å²) in [6.07, 6.45) is 0. The summed E-state index contributed by atoms with van der Waals surface area (Å²) in [4.78, 5) is 21.8. The molecule has 7 nitrogen and oxygen atoms in total.